The van der Waals surface area contributed by atoms with Gasteiger partial charge in [0.15, 0.2) is 11.3 Å². The van der Waals surface area contributed by atoms with Crippen molar-refractivity contribution >= 4 is 84.6 Å². The first-order valence-electron chi connectivity index (χ1n) is 16.8. The fourth-order valence-electron chi connectivity index (χ4n) is 5.67. The zero-order chi connectivity index (χ0) is 41.2. The lowest BCUT2D eigenvalue weighted by Gasteiger charge is -2.11. The molecule has 8 aromatic rings. The summed E-state index contributed by atoms with van der Waals surface area (Å²) in [7, 11) is -2.66. The number of fused-ring (bicyclic) bond motifs is 2. The van der Waals surface area contributed by atoms with Crippen molar-refractivity contribution in [3.63, 3.8) is 0 Å². The topological polar surface area (TPSA) is 173 Å². The van der Waals surface area contributed by atoms with Crippen LogP contribution in [0.4, 0.5) is 20.4 Å². The fourth-order valence-corrected chi connectivity index (χ4v) is 7.62. The summed E-state index contributed by atoms with van der Waals surface area (Å²) in [6.07, 6.45) is 3.21. The molecule has 4 aromatic heterocycles. The Morgan fingerprint density at radius 1 is 0.621 bits per heavy atom. The molecule has 296 valence electrons. The quantitative estimate of drug-likeness (QED) is 0.0882. The number of hydrogen-bond acceptors (Lipinski definition) is 10. The maximum Gasteiger partial charge on any atom is 0.294 e. The average molecular weight is 973 g/mol. The van der Waals surface area contributed by atoms with Gasteiger partial charge in [0.2, 0.25) is 0 Å². The molecular weight excluding hydrogens is 946 g/mol. The largest absolute Gasteiger partial charge is 0.366 e. The van der Waals surface area contributed by atoms with Crippen LogP contribution in [0.1, 0.15) is 11.1 Å². The Labute approximate surface area is 351 Å². The minimum Gasteiger partial charge on any atom is -0.366 e. The van der Waals surface area contributed by atoms with Gasteiger partial charge in [-0.1, -0.05) is 48.5 Å². The normalized spacial score (nSPS) is 11.7. The number of benzene rings is 4. The highest BCUT2D eigenvalue weighted by atomic mass is 79.9. The monoisotopic (exact) mass is 970 g/mol. The Kier molecular flexibility index (Phi) is 11.9. The zero-order valence-electron chi connectivity index (χ0n) is 29.4. The lowest BCUT2D eigenvalue weighted by atomic mass is 10.1. The molecule has 58 heavy (non-hydrogen) atoms. The van der Waals surface area contributed by atoms with Crippen LogP contribution in [-0.4, -0.2) is 50.6 Å². The Morgan fingerprint density at radius 3 is 1.40 bits per heavy atom. The zero-order valence-corrected chi connectivity index (χ0v) is 35.0. The first-order chi connectivity index (χ1) is 27.7. The molecule has 0 aliphatic rings. The highest BCUT2D eigenvalue weighted by molar-refractivity contribution is 9.11. The van der Waals surface area contributed by atoms with E-state index in [9.17, 15) is 25.6 Å². The van der Waals surface area contributed by atoms with E-state index >= 15 is 0 Å². The molecule has 4 heterocycles. The molecule has 20 heteroatoms. The number of nitrogens with one attached hydrogen (secondary N) is 2. The van der Waals surface area contributed by atoms with Crippen molar-refractivity contribution in [3.05, 3.63) is 153 Å². The van der Waals surface area contributed by atoms with Crippen LogP contribution < -0.4 is 10.6 Å². The third kappa shape index (κ3) is 9.19. The SMILES string of the molecule is O=S(=O)(Cl)c1ccc(CNc2cc(-c3ccccc3F)nc3c(Br)cnn23)cc1.O=S(=O)(O)c1ccc(CNc2cc(-c3ccccc3F)nc3c(Br)cnn23)cc1. The van der Waals surface area contributed by atoms with Crippen LogP contribution in [0.2, 0.25) is 0 Å². The third-order valence-corrected chi connectivity index (χ3v) is 11.9. The molecule has 0 fully saturated rings. The van der Waals surface area contributed by atoms with Gasteiger partial charge >= 0.3 is 0 Å². The summed E-state index contributed by atoms with van der Waals surface area (Å²) in [5.74, 6) is 0.432. The molecule has 0 radical (unpaired) electrons. The van der Waals surface area contributed by atoms with Gasteiger partial charge in [0.05, 0.1) is 42.5 Å². The van der Waals surface area contributed by atoms with Crippen LogP contribution in [-0.2, 0) is 32.3 Å². The van der Waals surface area contributed by atoms with Crippen molar-refractivity contribution in [2.24, 2.45) is 0 Å². The summed E-state index contributed by atoms with van der Waals surface area (Å²) in [5.41, 5.74) is 4.32. The van der Waals surface area contributed by atoms with Gasteiger partial charge in [-0.2, -0.15) is 27.6 Å². The highest BCUT2D eigenvalue weighted by Crippen LogP contribution is 2.29. The van der Waals surface area contributed by atoms with Gasteiger partial charge in [-0.15, -0.1) is 0 Å². The standard InChI is InChI=1S/C19H13BrClFN4O2S.C19H14BrFN4O3S/c20-15-11-24-26-18(23-10-12-5-7-13(8-6-12)29(21,27)28)9-17(25-19(15)26)14-3-1-2-4-16(14)22;20-15-11-23-25-18(22-10-12-5-7-13(8-6-12)29(26,27)28)9-17(24-19(15)25)14-3-1-2-4-16(14)21/h1-9,11,23H,10H2;1-9,11,22H,10H2,(H,26,27,28). The van der Waals surface area contributed by atoms with Gasteiger partial charge in [0.1, 0.15) is 23.3 Å². The van der Waals surface area contributed by atoms with Crippen molar-refractivity contribution in [1.29, 1.82) is 0 Å². The van der Waals surface area contributed by atoms with Crippen molar-refractivity contribution < 1.29 is 30.2 Å². The molecule has 8 rings (SSSR count). The first-order valence-corrected chi connectivity index (χ1v) is 22.2. The van der Waals surface area contributed by atoms with E-state index < -0.39 is 19.2 Å². The molecule has 0 amide bonds. The molecule has 0 spiro atoms. The summed E-state index contributed by atoms with van der Waals surface area (Å²) in [6.45, 7) is 0.731. The Morgan fingerprint density at radius 2 is 1.02 bits per heavy atom. The lowest BCUT2D eigenvalue weighted by molar-refractivity contribution is 0.483. The molecule has 0 bridgehead atoms. The second-order valence-electron chi connectivity index (χ2n) is 12.4. The number of hydrogen-bond donors (Lipinski definition) is 3. The van der Waals surface area contributed by atoms with Crippen LogP contribution in [0, 0.1) is 11.6 Å². The van der Waals surface area contributed by atoms with Crippen LogP contribution in [0.5, 0.6) is 0 Å². The second-order valence-corrected chi connectivity index (χ2v) is 18.1. The van der Waals surface area contributed by atoms with Crippen molar-refractivity contribution in [3.8, 4) is 22.5 Å². The fraction of sp³-hybridized carbons (Fsp3) is 0.0526. The number of nitrogens with zero attached hydrogens (tertiary/aromatic N) is 6. The van der Waals surface area contributed by atoms with Crippen molar-refractivity contribution in [2.45, 2.75) is 22.9 Å². The molecular formula is C38H27Br2ClF2N8O5S2. The van der Waals surface area contributed by atoms with E-state index in [0.29, 0.717) is 67.5 Å². The van der Waals surface area contributed by atoms with E-state index in [0.717, 1.165) is 11.1 Å². The van der Waals surface area contributed by atoms with E-state index in [1.54, 1.807) is 94.2 Å². The maximum absolute atomic E-state index is 14.3. The molecule has 0 saturated heterocycles. The second kappa shape index (κ2) is 16.9. The van der Waals surface area contributed by atoms with E-state index in [1.807, 2.05) is 0 Å². The van der Waals surface area contributed by atoms with Crippen LogP contribution >= 0.6 is 42.5 Å². The number of aromatic nitrogens is 6. The molecule has 13 nitrogen and oxygen atoms in total. The van der Waals surface area contributed by atoms with Gasteiger partial charge in [-0.25, -0.2) is 27.2 Å². The number of halogens is 5. The van der Waals surface area contributed by atoms with Crippen molar-refractivity contribution in [2.75, 3.05) is 10.6 Å². The van der Waals surface area contributed by atoms with E-state index in [1.165, 1.54) is 36.4 Å². The van der Waals surface area contributed by atoms with Gasteiger partial charge in [-0.3, -0.25) is 4.55 Å². The Bertz CT molecular complexity index is 2820. The predicted molar refractivity (Wildman–Crippen MR) is 223 cm³/mol. The summed E-state index contributed by atoms with van der Waals surface area (Å²) in [6, 6.07) is 28.2. The summed E-state index contributed by atoms with van der Waals surface area (Å²) >= 11 is 6.81. The summed E-state index contributed by atoms with van der Waals surface area (Å²) in [4.78, 5) is 8.87. The van der Waals surface area contributed by atoms with E-state index in [4.69, 9.17) is 15.2 Å². The van der Waals surface area contributed by atoms with E-state index in [-0.39, 0.29) is 21.4 Å². The lowest BCUT2D eigenvalue weighted by Crippen LogP contribution is -2.07. The minimum absolute atomic E-state index is 0.0343. The first kappa shape index (κ1) is 40.9. The molecule has 0 saturated carbocycles. The van der Waals surface area contributed by atoms with Gasteiger partial charge in [0.25, 0.3) is 19.2 Å². The van der Waals surface area contributed by atoms with Crippen LogP contribution in [0.15, 0.2) is 140 Å². The smallest absolute Gasteiger partial charge is 0.294 e. The van der Waals surface area contributed by atoms with Gasteiger partial charge in [-0.05, 0) is 91.5 Å². The van der Waals surface area contributed by atoms with Gasteiger partial charge in [0, 0.05) is 47.0 Å². The van der Waals surface area contributed by atoms with Crippen LogP contribution in [0.25, 0.3) is 33.8 Å². The number of anilines is 2. The van der Waals surface area contributed by atoms with E-state index in [2.05, 4.69) is 62.7 Å². The van der Waals surface area contributed by atoms with Gasteiger partial charge < -0.3 is 10.6 Å². The van der Waals surface area contributed by atoms with Crippen LogP contribution in [0.3, 0.4) is 0 Å². The highest BCUT2D eigenvalue weighted by Gasteiger charge is 2.16. The Balaban J connectivity index is 0.000000177. The molecule has 0 aliphatic heterocycles. The minimum atomic E-state index is -4.24. The molecule has 0 unspecified atom stereocenters. The molecule has 3 N–H and O–H groups in total. The molecule has 4 aromatic carbocycles. The summed E-state index contributed by atoms with van der Waals surface area (Å²) < 4.78 is 87.2. The predicted octanol–water partition coefficient (Wildman–Crippen LogP) is 8.99. The Hall–Kier alpha value is -5.31. The average Bonchev–Trinajstić information content (AvgIpc) is 3.77. The third-order valence-electron chi connectivity index (χ3n) is 8.53. The van der Waals surface area contributed by atoms with Crippen molar-refractivity contribution in [1.82, 2.24) is 29.2 Å². The number of rotatable bonds is 10. The molecule has 0 aliphatic carbocycles. The summed E-state index contributed by atoms with van der Waals surface area (Å²) in [5, 5.41) is 15.0. The molecule has 0 atom stereocenters. The maximum atomic E-state index is 14.3.